The zero-order chi connectivity index (χ0) is 23.3. The van der Waals surface area contributed by atoms with Crippen LogP contribution >= 0.6 is 11.8 Å². The van der Waals surface area contributed by atoms with Gasteiger partial charge in [0.25, 0.3) is 11.7 Å². The first-order valence-electron chi connectivity index (χ1n) is 10.2. The van der Waals surface area contributed by atoms with Gasteiger partial charge in [0.1, 0.15) is 5.75 Å². The van der Waals surface area contributed by atoms with Crippen molar-refractivity contribution in [2.24, 2.45) is 5.10 Å². The molecule has 0 aliphatic rings. The van der Waals surface area contributed by atoms with E-state index in [1.54, 1.807) is 0 Å². The molecule has 168 valence electrons. The van der Waals surface area contributed by atoms with Crippen LogP contribution in [0.5, 0.6) is 11.5 Å². The zero-order valence-electron chi connectivity index (χ0n) is 18.5. The first-order chi connectivity index (χ1) is 15.2. The number of phenols is 1. The molecule has 1 heterocycles. The van der Waals surface area contributed by atoms with Crippen LogP contribution in [0.1, 0.15) is 38.8 Å². The van der Waals surface area contributed by atoms with Gasteiger partial charge in [-0.25, -0.2) is 9.99 Å². The number of benzene rings is 2. The van der Waals surface area contributed by atoms with Crippen molar-refractivity contribution >= 4 is 23.9 Å². The summed E-state index contributed by atoms with van der Waals surface area (Å²) in [5, 5.41) is 32.6. The molecule has 3 rings (SSSR count). The lowest BCUT2D eigenvalue weighted by molar-refractivity contribution is -0.719. The summed E-state index contributed by atoms with van der Waals surface area (Å²) in [5.74, 6) is -0.0964. The molecule has 0 bridgehead atoms. The molecule has 0 saturated heterocycles. The third kappa shape index (κ3) is 5.67. The number of aromatic amines is 1. The number of H-pyrrole nitrogens is 1. The van der Waals surface area contributed by atoms with Gasteiger partial charge < -0.3 is 10.2 Å². The molecule has 1 amide bonds. The number of amides is 1. The highest BCUT2D eigenvalue weighted by atomic mass is 32.2. The zero-order valence-corrected chi connectivity index (χ0v) is 19.4. The molecule has 32 heavy (non-hydrogen) atoms. The van der Waals surface area contributed by atoms with Gasteiger partial charge in [0.15, 0.2) is 0 Å². The van der Waals surface area contributed by atoms with Crippen molar-refractivity contribution in [2.75, 3.05) is 5.75 Å². The Bertz CT molecular complexity index is 1120. The molecule has 0 aliphatic heterocycles. The predicted molar refractivity (Wildman–Crippen MR) is 123 cm³/mol. The maximum Gasteiger partial charge on any atom is 0.337 e. The number of rotatable bonds is 7. The summed E-state index contributed by atoms with van der Waals surface area (Å²) >= 11 is 1.31. The highest BCUT2D eigenvalue weighted by molar-refractivity contribution is 7.99. The van der Waals surface area contributed by atoms with Crippen LogP contribution in [0, 0.1) is 0 Å². The topological polar surface area (TPSA) is 117 Å². The lowest BCUT2D eigenvalue weighted by Gasteiger charge is -2.18. The maximum atomic E-state index is 12.1. The SMILES string of the molecule is CC[n+]1c(SCC(=O)N/N=C/c2ccc([O-])c(O)c2)n[nH]c1-c1ccc(C(C)(C)C)cc1. The standard InChI is InChI=1S/C23H27N5O3S/c1-5-28-21(16-7-9-17(10-8-16)23(2,3)4)26-27-22(28)32-14-20(31)25-24-13-15-6-11-18(29)19(30)12-15/h6-13H,5,14H2,1-4H3,(H3,24,25,29,30,31). The molecule has 8 nitrogen and oxygen atoms in total. The van der Waals surface area contributed by atoms with Crippen LogP contribution in [0.2, 0.25) is 0 Å². The highest BCUT2D eigenvalue weighted by Gasteiger charge is 2.22. The second kappa shape index (κ2) is 9.86. The van der Waals surface area contributed by atoms with E-state index in [1.807, 2.05) is 11.5 Å². The molecule has 0 unspecified atom stereocenters. The van der Waals surface area contributed by atoms with Gasteiger partial charge in [-0.15, -0.1) is 5.10 Å². The van der Waals surface area contributed by atoms with Crippen LogP contribution in [-0.2, 0) is 16.8 Å². The Morgan fingerprint density at radius 3 is 2.62 bits per heavy atom. The third-order valence-corrected chi connectivity index (χ3v) is 5.79. The average Bonchev–Trinajstić information content (AvgIpc) is 3.17. The second-order valence-corrected chi connectivity index (χ2v) is 9.18. The van der Waals surface area contributed by atoms with Crippen LogP contribution in [0.25, 0.3) is 11.4 Å². The van der Waals surface area contributed by atoms with E-state index < -0.39 is 5.75 Å². The van der Waals surface area contributed by atoms with Crippen molar-refractivity contribution in [3.8, 4) is 22.9 Å². The Hall–Kier alpha value is -3.33. The second-order valence-electron chi connectivity index (χ2n) is 8.24. The van der Waals surface area contributed by atoms with E-state index in [9.17, 15) is 15.0 Å². The Kier molecular flexibility index (Phi) is 7.19. The van der Waals surface area contributed by atoms with E-state index in [4.69, 9.17) is 0 Å². The monoisotopic (exact) mass is 453 g/mol. The number of hydrogen-bond acceptors (Lipinski definition) is 6. The molecule has 0 spiro atoms. The van der Waals surface area contributed by atoms with Crippen molar-refractivity contribution in [1.82, 2.24) is 15.6 Å². The summed E-state index contributed by atoms with van der Waals surface area (Å²) in [6, 6.07) is 12.4. The molecule has 2 aromatic carbocycles. The van der Waals surface area contributed by atoms with E-state index in [-0.39, 0.29) is 22.8 Å². The molecule has 3 N–H and O–H groups in total. The van der Waals surface area contributed by atoms with E-state index in [2.05, 4.69) is 65.8 Å². The predicted octanol–water partition coefficient (Wildman–Crippen LogP) is 2.70. The number of thioether (sulfide) groups is 1. The van der Waals surface area contributed by atoms with Gasteiger partial charge in [-0.3, -0.25) is 4.79 Å². The summed E-state index contributed by atoms with van der Waals surface area (Å²) in [7, 11) is 0. The van der Waals surface area contributed by atoms with Crippen molar-refractivity contribution < 1.29 is 19.6 Å². The summed E-state index contributed by atoms with van der Waals surface area (Å²) < 4.78 is 2.03. The number of aromatic hydroxyl groups is 1. The molecule has 0 aliphatic carbocycles. The van der Waals surface area contributed by atoms with Crippen LogP contribution in [-0.4, -0.2) is 33.2 Å². The molecule has 3 aromatic rings. The lowest BCUT2D eigenvalue weighted by atomic mass is 9.87. The summed E-state index contributed by atoms with van der Waals surface area (Å²) in [6.07, 6.45) is 1.36. The van der Waals surface area contributed by atoms with Gasteiger partial charge in [0, 0.05) is 0 Å². The van der Waals surface area contributed by atoms with E-state index in [0.717, 1.165) is 11.4 Å². The van der Waals surface area contributed by atoms with Crippen LogP contribution in [0.15, 0.2) is 52.7 Å². The van der Waals surface area contributed by atoms with Crippen molar-refractivity contribution in [1.29, 1.82) is 0 Å². The molecular formula is C23H27N5O3S. The van der Waals surface area contributed by atoms with Gasteiger partial charge in [-0.1, -0.05) is 50.8 Å². The van der Waals surface area contributed by atoms with Crippen molar-refractivity contribution in [2.45, 2.75) is 44.8 Å². The van der Waals surface area contributed by atoms with Crippen LogP contribution in [0.4, 0.5) is 0 Å². The minimum absolute atomic E-state index is 0.0873. The van der Waals surface area contributed by atoms with Crippen molar-refractivity contribution in [3.05, 3.63) is 53.6 Å². The Morgan fingerprint density at radius 1 is 1.28 bits per heavy atom. The number of phenolic OH excluding ortho intramolecular Hbond substituents is 1. The minimum atomic E-state index is -0.463. The summed E-state index contributed by atoms with van der Waals surface area (Å²) in [5.41, 5.74) is 5.32. The molecule has 0 saturated carbocycles. The van der Waals surface area contributed by atoms with Gasteiger partial charge in [0.2, 0.25) is 0 Å². The maximum absolute atomic E-state index is 12.1. The van der Waals surface area contributed by atoms with Crippen LogP contribution in [0.3, 0.4) is 0 Å². The fourth-order valence-corrected chi connectivity index (χ4v) is 3.84. The Balaban J connectivity index is 1.62. The number of carbonyl (C=O) groups is 1. The lowest BCUT2D eigenvalue weighted by Crippen LogP contribution is -2.36. The molecule has 9 heteroatoms. The van der Waals surface area contributed by atoms with Gasteiger partial charge in [-0.2, -0.15) is 5.10 Å². The largest absolute Gasteiger partial charge is 0.870 e. The van der Waals surface area contributed by atoms with E-state index in [0.29, 0.717) is 17.3 Å². The fraction of sp³-hybridized carbons (Fsp3) is 0.304. The Morgan fingerprint density at radius 2 is 2.00 bits per heavy atom. The Labute approximate surface area is 191 Å². The number of nitrogens with one attached hydrogen (secondary N) is 2. The normalized spacial score (nSPS) is 11.8. The molecule has 1 aromatic heterocycles. The smallest absolute Gasteiger partial charge is 0.337 e. The molecule has 0 fully saturated rings. The van der Waals surface area contributed by atoms with Gasteiger partial charge in [0.05, 0.1) is 29.2 Å². The number of aromatic nitrogens is 3. The van der Waals surface area contributed by atoms with Crippen molar-refractivity contribution in [3.63, 3.8) is 0 Å². The number of carbonyl (C=O) groups excluding carboxylic acids is 1. The molecule has 0 radical (unpaired) electrons. The fourth-order valence-electron chi connectivity index (χ4n) is 3.03. The molecule has 0 atom stereocenters. The van der Waals surface area contributed by atoms with Gasteiger partial charge >= 0.3 is 5.16 Å². The average molecular weight is 454 g/mol. The quantitative estimate of drug-likeness (QED) is 0.220. The summed E-state index contributed by atoms with van der Waals surface area (Å²) in [6.45, 7) is 9.27. The number of nitrogens with zero attached hydrogens (tertiary/aromatic N) is 3. The summed E-state index contributed by atoms with van der Waals surface area (Å²) in [4.78, 5) is 12.1. The third-order valence-electron chi connectivity index (χ3n) is 4.82. The minimum Gasteiger partial charge on any atom is -0.870 e. The van der Waals surface area contributed by atoms with E-state index >= 15 is 0 Å². The van der Waals surface area contributed by atoms with Crippen LogP contribution < -0.4 is 15.1 Å². The van der Waals surface area contributed by atoms with E-state index in [1.165, 1.54) is 41.7 Å². The highest BCUT2D eigenvalue weighted by Crippen LogP contribution is 2.25. The molecular weight excluding hydrogens is 426 g/mol. The number of hydrazone groups is 1. The first kappa shape index (κ1) is 23.3. The van der Waals surface area contributed by atoms with Gasteiger partial charge in [-0.05, 0) is 53.4 Å². The first-order valence-corrected chi connectivity index (χ1v) is 11.2. The number of hydrogen-bond donors (Lipinski definition) is 3.